The first-order chi connectivity index (χ1) is 14.5. The number of halogens is 2. The average molecular weight is 408 g/mol. The Morgan fingerprint density at radius 2 is 1.90 bits per heavy atom. The zero-order chi connectivity index (χ0) is 20.8. The monoisotopic (exact) mass is 408 g/mol. The van der Waals surface area contributed by atoms with E-state index in [4.69, 9.17) is 10.5 Å². The minimum Gasteiger partial charge on any atom is -0.475 e. The van der Waals surface area contributed by atoms with Crippen LogP contribution in [0.5, 0.6) is 5.88 Å². The summed E-state index contributed by atoms with van der Waals surface area (Å²) < 4.78 is 34.1. The van der Waals surface area contributed by atoms with Gasteiger partial charge in [-0.15, -0.1) is 0 Å². The Bertz CT molecular complexity index is 1310. The number of hydrogen-bond donors (Lipinski definition) is 1. The van der Waals surface area contributed by atoms with E-state index in [1.165, 1.54) is 23.5 Å². The molecule has 0 saturated heterocycles. The number of anilines is 2. The maximum Gasteiger partial charge on any atom is 0.267 e. The van der Waals surface area contributed by atoms with Crippen molar-refractivity contribution in [1.29, 1.82) is 0 Å². The van der Waals surface area contributed by atoms with Gasteiger partial charge in [-0.25, -0.2) is 23.7 Å². The molecule has 1 amide bonds. The van der Waals surface area contributed by atoms with Gasteiger partial charge in [0.15, 0.2) is 11.6 Å². The van der Waals surface area contributed by atoms with E-state index in [0.29, 0.717) is 22.4 Å². The Balaban J connectivity index is 1.55. The fourth-order valence-corrected chi connectivity index (χ4v) is 3.41. The molecule has 1 aliphatic rings. The highest BCUT2D eigenvalue weighted by Crippen LogP contribution is 2.29. The van der Waals surface area contributed by atoms with E-state index >= 15 is 0 Å². The number of aromatic nitrogens is 4. The van der Waals surface area contributed by atoms with Gasteiger partial charge in [0.25, 0.3) is 5.91 Å². The number of rotatable bonds is 2. The van der Waals surface area contributed by atoms with Gasteiger partial charge in [-0.05, 0) is 24.3 Å². The summed E-state index contributed by atoms with van der Waals surface area (Å²) in [5.41, 5.74) is 7.48. The number of amides is 1. The van der Waals surface area contributed by atoms with Crippen LogP contribution in [0.4, 0.5) is 20.3 Å². The smallest absolute Gasteiger partial charge is 0.267 e. The zero-order valence-corrected chi connectivity index (χ0v) is 15.4. The normalized spacial score (nSPS) is 13.8. The Kier molecular flexibility index (Phi) is 4.05. The van der Waals surface area contributed by atoms with Crippen LogP contribution in [0.25, 0.3) is 16.7 Å². The number of pyridine rings is 1. The Hall–Kier alpha value is -4.08. The molecule has 5 rings (SSSR count). The Labute approximate surface area is 168 Å². The predicted molar refractivity (Wildman–Crippen MR) is 105 cm³/mol. The van der Waals surface area contributed by atoms with E-state index in [1.807, 2.05) is 0 Å². The van der Waals surface area contributed by atoms with Crippen molar-refractivity contribution < 1.29 is 18.3 Å². The molecule has 0 atom stereocenters. The highest BCUT2D eigenvalue weighted by atomic mass is 19.2. The second-order valence-corrected chi connectivity index (χ2v) is 6.63. The minimum atomic E-state index is -0.945. The first kappa shape index (κ1) is 18.0. The van der Waals surface area contributed by atoms with Gasteiger partial charge in [-0.3, -0.25) is 4.79 Å². The van der Waals surface area contributed by atoms with Crippen molar-refractivity contribution in [3.63, 3.8) is 0 Å². The largest absolute Gasteiger partial charge is 0.475 e. The molecule has 3 aromatic heterocycles. The summed E-state index contributed by atoms with van der Waals surface area (Å²) in [6.45, 7) is 0.495. The van der Waals surface area contributed by atoms with Gasteiger partial charge in [0.05, 0.1) is 24.1 Å². The van der Waals surface area contributed by atoms with Crippen molar-refractivity contribution in [2.45, 2.75) is 0 Å². The van der Waals surface area contributed by atoms with E-state index in [0.717, 1.165) is 12.1 Å². The summed E-state index contributed by atoms with van der Waals surface area (Å²) in [7, 11) is 0. The van der Waals surface area contributed by atoms with E-state index in [1.54, 1.807) is 22.9 Å². The SMILES string of the molecule is Nc1ncnc2c1C(=O)N(c1cnc3c(ccn3-c3ccc(F)c(F)c3)c1)CCO2. The van der Waals surface area contributed by atoms with E-state index in [2.05, 4.69) is 15.0 Å². The van der Waals surface area contributed by atoms with Gasteiger partial charge in [0.2, 0.25) is 5.88 Å². The summed E-state index contributed by atoms with van der Waals surface area (Å²) in [5, 5.41) is 0.715. The molecule has 0 saturated carbocycles. The predicted octanol–water partition coefficient (Wildman–Crippen LogP) is 2.72. The van der Waals surface area contributed by atoms with Crippen LogP contribution in [0.3, 0.4) is 0 Å². The molecule has 0 radical (unpaired) electrons. The standard InChI is InChI=1S/C20H14F2N6O2/c21-14-2-1-12(8-15(14)22)27-4-3-11-7-13(9-24-18(11)27)28-5-6-30-19-16(20(28)29)17(23)25-10-26-19/h1-4,7-10H,5-6H2,(H2,23,25,26). The number of fused-ring (bicyclic) bond motifs is 2. The molecule has 2 N–H and O–H groups in total. The first-order valence-corrected chi connectivity index (χ1v) is 9.00. The lowest BCUT2D eigenvalue weighted by Crippen LogP contribution is -2.32. The molecular weight excluding hydrogens is 394 g/mol. The molecule has 0 bridgehead atoms. The molecule has 1 aromatic carbocycles. The number of nitrogens with two attached hydrogens (primary N) is 1. The van der Waals surface area contributed by atoms with Gasteiger partial charge in [-0.1, -0.05) is 0 Å². The molecule has 0 fully saturated rings. The molecule has 0 aliphatic carbocycles. The number of hydrogen-bond acceptors (Lipinski definition) is 6. The maximum absolute atomic E-state index is 13.6. The van der Waals surface area contributed by atoms with Crippen molar-refractivity contribution in [2.24, 2.45) is 0 Å². The number of carbonyl (C=O) groups is 1. The van der Waals surface area contributed by atoms with E-state index < -0.39 is 11.6 Å². The third kappa shape index (κ3) is 2.81. The van der Waals surface area contributed by atoms with Gasteiger partial charge >= 0.3 is 0 Å². The molecule has 8 nitrogen and oxygen atoms in total. The third-order valence-electron chi connectivity index (χ3n) is 4.86. The van der Waals surface area contributed by atoms with Gasteiger partial charge < -0.3 is 19.9 Å². The van der Waals surface area contributed by atoms with Crippen molar-refractivity contribution in [3.05, 3.63) is 66.3 Å². The third-order valence-corrected chi connectivity index (χ3v) is 4.86. The van der Waals surface area contributed by atoms with Crippen LogP contribution in [0, 0.1) is 11.6 Å². The summed E-state index contributed by atoms with van der Waals surface area (Å²) in [6.07, 6.45) is 4.47. The average Bonchev–Trinajstić information content (AvgIpc) is 3.08. The van der Waals surface area contributed by atoms with Gasteiger partial charge in [0, 0.05) is 17.6 Å². The van der Waals surface area contributed by atoms with Crippen LogP contribution in [-0.2, 0) is 0 Å². The molecule has 4 aromatic rings. The zero-order valence-electron chi connectivity index (χ0n) is 15.4. The summed E-state index contributed by atoms with van der Waals surface area (Å²) in [6, 6.07) is 7.17. The Morgan fingerprint density at radius 3 is 2.73 bits per heavy atom. The number of benzene rings is 1. The molecule has 0 spiro atoms. The topological polar surface area (TPSA) is 99.2 Å². The molecule has 30 heavy (non-hydrogen) atoms. The molecule has 1 aliphatic heterocycles. The first-order valence-electron chi connectivity index (χ1n) is 9.00. The van der Waals surface area contributed by atoms with Crippen LogP contribution in [-0.4, -0.2) is 38.6 Å². The van der Waals surface area contributed by atoms with Crippen molar-refractivity contribution in [2.75, 3.05) is 23.8 Å². The molecule has 4 heterocycles. The van der Waals surface area contributed by atoms with Crippen LogP contribution in [0.15, 0.2) is 49.1 Å². The lowest BCUT2D eigenvalue weighted by Gasteiger charge is -2.20. The maximum atomic E-state index is 13.6. The van der Waals surface area contributed by atoms with Crippen LogP contribution in [0.2, 0.25) is 0 Å². The number of carbonyl (C=O) groups excluding carboxylic acids is 1. The molecule has 0 unspecified atom stereocenters. The molecule has 150 valence electrons. The highest BCUT2D eigenvalue weighted by Gasteiger charge is 2.29. The lowest BCUT2D eigenvalue weighted by molar-refractivity contribution is 0.0990. The summed E-state index contributed by atoms with van der Waals surface area (Å²) in [5.74, 6) is -2.07. The van der Waals surface area contributed by atoms with Crippen molar-refractivity contribution in [1.82, 2.24) is 19.5 Å². The minimum absolute atomic E-state index is 0.0374. The summed E-state index contributed by atoms with van der Waals surface area (Å²) in [4.78, 5) is 26.9. The second kappa shape index (κ2) is 6.76. The van der Waals surface area contributed by atoms with Crippen molar-refractivity contribution in [3.8, 4) is 11.6 Å². The fourth-order valence-electron chi connectivity index (χ4n) is 3.41. The summed E-state index contributed by atoms with van der Waals surface area (Å²) >= 11 is 0. The number of nitrogens with zero attached hydrogens (tertiary/aromatic N) is 5. The van der Waals surface area contributed by atoms with Crippen LogP contribution >= 0.6 is 0 Å². The number of ether oxygens (including phenoxy) is 1. The van der Waals surface area contributed by atoms with E-state index in [9.17, 15) is 13.6 Å². The quantitative estimate of drug-likeness (QED) is 0.548. The van der Waals surface area contributed by atoms with Crippen LogP contribution < -0.4 is 15.4 Å². The number of nitrogen functional groups attached to an aromatic ring is 1. The molecule has 10 heteroatoms. The van der Waals surface area contributed by atoms with Crippen LogP contribution in [0.1, 0.15) is 10.4 Å². The second-order valence-electron chi connectivity index (χ2n) is 6.63. The highest BCUT2D eigenvalue weighted by molar-refractivity contribution is 6.11. The van der Waals surface area contributed by atoms with Gasteiger partial charge in [0.1, 0.15) is 30.0 Å². The van der Waals surface area contributed by atoms with Crippen molar-refractivity contribution >= 4 is 28.4 Å². The van der Waals surface area contributed by atoms with E-state index in [-0.39, 0.29) is 36.3 Å². The molecular formula is C20H14F2N6O2. The lowest BCUT2D eigenvalue weighted by atomic mass is 10.2. The Morgan fingerprint density at radius 1 is 1.03 bits per heavy atom. The fraction of sp³-hybridized carbons (Fsp3) is 0.100. The van der Waals surface area contributed by atoms with Gasteiger partial charge in [-0.2, -0.15) is 0 Å².